The first-order valence-corrected chi connectivity index (χ1v) is 8.90. The largest absolute Gasteiger partial charge is 0.489 e. The molecular weight excluding hydrogens is 373 g/mol. The van der Waals surface area contributed by atoms with Crippen molar-refractivity contribution in [1.82, 2.24) is 0 Å². The Morgan fingerprint density at radius 2 is 1.93 bits per heavy atom. The van der Waals surface area contributed by atoms with Crippen molar-refractivity contribution in [2.75, 3.05) is 11.9 Å². The molecule has 0 saturated carbocycles. The molecular formula is C20H21F3N2O3. The predicted molar refractivity (Wildman–Crippen MR) is 97.8 cm³/mol. The molecule has 0 unspecified atom stereocenters. The fourth-order valence-electron chi connectivity index (χ4n) is 2.93. The number of benzene rings is 2. The Labute approximate surface area is 160 Å². The van der Waals surface area contributed by atoms with Crippen LogP contribution in [-0.2, 0) is 22.3 Å². The van der Waals surface area contributed by atoms with Gasteiger partial charge in [-0.3, -0.25) is 4.79 Å². The second kappa shape index (κ2) is 8.62. The Morgan fingerprint density at radius 3 is 2.57 bits per heavy atom. The second-order valence-corrected chi connectivity index (χ2v) is 6.56. The van der Waals surface area contributed by atoms with Crippen LogP contribution in [0.5, 0.6) is 5.75 Å². The zero-order valence-corrected chi connectivity index (χ0v) is 15.0. The lowest BCUT2D eigenvalue weighted by Gasteiger charge is -2.13. The van der Waals surface area contributed by atoms with Crippen molar-refractivity contribution in [2.45, 2.75) is 37.8 Å². The molecule has 2 aromatic carbocycles. The molecule has 0 spiro atoms. The molecule has 2 aromatic rings. The summed E-state index contributed by atoms with van der Waals surface area (Å²) in [4.78, 5) is 12.2. The van der Waals surface area contributed by atoms with Gasteiger partial charge in [-0.05, 0) is 54.8 Å². The zero-order chi connectivity index (χ0) is 20.1. The molecule has 0 aliphatic carbocycles. The minimum atomic E-state index is -4.39. The molecule has 28 heavy (non-hydrogen) atoms. The summed E-state index contributed by atoms with van der Waals surface area (Å²) in [5.41, 5.74) is 5.83. The molecule has 0 aromatic heterocycles. The fraction of sp³-hybridized carbons (Fsp3) is 0.350. The van der Waals surface area contributed by atoms with E-state index in [9.17, 15) is 18.0 Å². The van der Waals surface area contributed by atoms with Crippen molar-refractivity contribution in [3.63, 3.8) is 0 Å². The molecule has 5 nitrogen and oxygen atoms in total. The van der Waals surface area contributed by atoms with Crippen LogP contribution in [0.1, 0.15) is 24.0 Å². The third-order valence-corrected chi connectivity index (χ3v) is 4.44. The topological polar surface area (TPSA) is 73.6 Å². The van der Waals surface area contributed by atoms with Gasteiger partial charge < -0.3 is 20.5 Å². The van der Waals surface area contributed by atoms with Crippen molar-refractivity contribution in [1.29, 1.82) is 0 Å². The Morgan fingerprint density at radius 1 is 1.18 bits per heavy atom. The molecule has 1 saturated heterocycles. The highest BCUT2D eigenvalue weighted by Crippen LogP contribution is 2.30. The van der Waals surface area contributed by atoms with Crippen LogP contribution in [-0.4, -0.2) is 24.7 Å². The number of carbonyl (C=O) groups is 1. The number of anilines is 1. The van der Waals surface area contributed by atoms with E-state index >= 15 is 0 Å². The maximum absolute atomic E-state index is 12.7. The zero-order valence-electron chi connectivity index (χ0n) is 15.0. The molecule has 1 amide bonds. The lowest BCUT2D eigenvalue weighted by atomic mass is 10.1. The van der Waals surface area contributed by atoms with Crippen molar-refractivity contribution in [3.05, 3.63) is 59.7 Å². The van der Waals surface area contributed by atoms with Crippen LogP contribution in [0.15, 0.2) is 48.5 Å². The van der Waals surface area contributed by atoms with Crippen LogP contribution < -0.4 is 15.8 Å². The van der Waals surface area contributed by atoms with E-state index in [2.05, 4.69) is 5.32 Å². The summed E-state index contributed by atoms with van der Waals surface area (Å²) in [7, 11) is 0. The van der Waals surface area contributed by atoms with E-state index in [1.54, 1.807) is 30.3 Å². The summed E-state index contributed by atoms with van der Waals surface area (Å²) < 4.78 is 49.3. The molecule has 0 radical (unpaired) electrons. The van der Waals surface area contributed by atoms with Gasteiger partial charge in [0.1, 0.15) is 18.5 Å². The van der Waals surface area contributed by atoms with Crippen LogP contribution in [0, 0.1) is 0 Å². The molecule has 1 heterocycles. The summed E-state index contributed by atoms with van der Waals surface area (Å²) in [6.07, 6.45) is -3.58. The van der Waals surface area contributed by atoms with Crippen molar-refractivity contribution in [3.8, 4) is 5.75 Å². The number of halogens is 3. The van der Waals surface area contributed by atoms with Gasteiger partial charge in [-0.15, -0.1) is 0 Å². The summed E-state index contributed by atoms with van der Waals surface area (Å²) in [5, 5.41) is 2.77. The molecule has 1 aliphatic rings. The third kappa shape index (κ3) is 5.24. The number of ether oxygens (including phenoxy) is 2. The molecule has 8 heteroatoms. The first-order chi connectivity index (χ1) is 13.3. The van der Waals surface area contributed by atoms with Crippen molar-refractivity contribution >= 4 is 11.6 Å². The van der Waals surface area contributed by atoms with Crippen molar-refractivity contribution in [2.24, 2.45) is 5.73 Å². The standard InChI is InChI=1S/C20H21F3N2O3/c21-20(22,23)14-3-1-2-13(10-14)12-27-16-6-4-15(5-7-16)25-19(26)18-9-8-17(11-24)28-18/h1-7,10,17-18H,8-9,11-12,24H2,(H,25,26)/t17-,18+/m1/s1. The normalized spacial score (nSPS) is 19.4. The van der Waals surface area contributed by atoms with E-state index in [1.165, 1.54) is 6.07 Å². The quantitative estimate of drug-likeness (QED) is 0.783. The highest BCUT2D eigenvalue weighted by atomic mass is 19.4. The number of rotatable bonds is 6. The van der Waals surface area contributed by atoms with Crippen LogP contribution in [0.25, 0.3) is 0 Å². The lowest BCUT2D eigenvalue weighted by Crippen LogP contribution is -2.29. The molecule has 150 valence electrons. The van der Waals surface area contributed by atoms with E-state index in [4.69, 9.17) is 15.2 Å². The van der Waals surface area contributed by atoms with Gasteiger partial charge in [0.15, 0.2) is 0 Å². The lowest BCUT2D eigenvalue weighted by molar-refractivity contribution is -0.137. The maximum atomic E-state index is 12.7. The molecule has 3 rings (SSSR count). The van der Waals surface area contributed by atoms with Gasteiger partial charge in [0.05, 0.1) is 11.7 Å². The van der Waals surface area contributed by atoms with E-state index in [0.717, 1.165) is 18.6 Å². The van der Waals surface area contributed by atoms with Gasteiger partial charge in [0.25, 0.3) is 5.91 Å². The molecule has 0 bridgehead atoms. The maximum Gasteiger partial charge on any atom is 0.416 e. The van der Waals surface area contributed by atoms with Gasteiger partial charge in [-0.1, -0.05) is 12.1 Å². The first-order valence-electron chi connectivity index (χ1n) is 8.90. The van der Waals surface area contributed by atoms with Gasteiger partial charge in [0.2, 0.25) is 0 Å². The molecule has 2 atom stereocenters. The number of amides is 1. The van der Waals surface area contributed by atoms with Crippen LogP contribution in [0.2, 0.25) is 0 Å². The van der Waals surface area contributed by atoms with Crippen LogP contribution in [0.3, 0.4) is 0 Å². The van der Waals surface area contributed by atoms with Gasteiger partial charge >= 0.3 is 6.18 Å². The second-order valence-electron chi connectivity index (χ2n) is 6.56. The van der Waals surface area contributed by atoms with E-state index in [1.807, 2.05) is 0 Å². The third-order valence-electron chi connectivity index (χ3n) is 4.44. The summed E-state index contributed by atoms with van der Waals surface area (Å²) >= 11 is 0. The molecule has 3 N–H and O–H groups in total. The van der Waals surface area contributed by atoms with Crippen LogP contribution in [0.4, 0.5) is 18.9 Å². The Hall–Kier alpha value is -2.58. The monoisotopic (exact) mass is 394 g/mol. The molecule has 1 aliphatic heterocycles. The minimum Gasteiger partial charge on any atom is -0.489 e. The Balaban J connectivity index is 1.53. The molecule has 1 fully saturated rings. The van der Waals surface area contributed by atoms with Gasteiger partial charge in [-0.25, -0.2) is 0 Å². The highest BCUT2D eigenvalue weighted by Gasteiger charge is 2.31. The fourth-order valence-corrected chi connectivity index (χ4v) is 2.93. The van der Waals surface area contributed by atoms with Gasteiger partial charge in [0, 0.05) is 12.2 Å². The summed E-state index contributed by atoms with van der Waals surface area (Å²) in [6, 6.07) is 11.6. The highest BCUT2D eigenvalue weighted by molar-refractivity contribution is 5.94. The number of nitrogens with two attached hydrogens (primary N) is 1. The SMILES string of the molecule is NC[C@H]1CC[C@@H](C(=O)Nc2ccc(OCc3cccc(C(F)(F)F)c3)cc2)O1. The predicted octanol–water partition coefficient (Wildman–Crippen LogP) is 3.73. The Kier molecular flexibility index (Phi) is 6.21. The van der Waals surface area contributed by atoms with E-state index in [0.29, 0.717) is 30.0 Å². The Bertz CT molecular complexity index is 809. The van der Waals surface area contributed by atoms with Gasteiger partial charge in [-0.2, -0.15) is 13.2 Å². The average molecular weight is 394 g/mol. The number of nitrogens with one attached hydrogen (secondary N) is 1. The summed E-state index contributed by atoms with van der Waals surface area (Å²) in [6.45, 7) is 0.397. The number of carbonyl (C=O) groups excluding carboxylic acids is 1. The average Bonchev–Trinajstić information content (AvgIpc) is 3.16. The number of alkyl halides is 3. The van der Waals surface area contributed by atoms with Crippen LogP contribution >= 0.6 is 0 Å². The number of hydrogen-bond donors (Lipinski definition) is 2. The van der Waals surface area contributed by atoms with Crippen molar-refractivity contribution < 1.29 is 27.4 Å². The first kappa shape index (κ1) is 20.2. The smallest absolute Gasteiger partial charge is 0.416 e. The van der Waals surface area contributed by atoms with E-state index < -0.39 is 17.8 Å². The summed E-state index contributed by atoms with van der Waals surface area (Å²) in [5.74, 6) is 0.254. The minimum absolute atomic E-state index is 0.00597. The van der Waals surface area contributed by atoms with E-state index in [-0.39, 0.29) is 18.6 Å². The number of hydrogen-bond acceptors (Lipinski definition) is 4.